The van der Waals surface area contributed by atoms with Crippen molar-refractivity contribution in [2.45, 2.75) is 19.4 Å². The van der Waals surface area contributed by atoms with Crippen molar-refractivity contribution in [1.29, 1.82) is 0 Å². The minimum Gasteiger partial charge on any atom is -0.478 e. The molecule has 0 fully saturated rings. The van der Waals surface area contributed by atoms with Gasteiger partial charge in [0.1, 0.15) is 0 Å². The van der Waals surface area contributed by atoms with E-state index in [0.29, 0.717) is 17.8 Å². The fraction of sp³-hybridized carbons (Fsp3) is 0.235. The number of nitrogens with two attached hydrogens (primary N) is 1. The number of hydrogen-bond donors (Lipinski definition) is 3. The molecule has 0 aliphatic rings. The van der Waals surface area contributed by atoms with Gasteiger partial charge in [0.15, 0.2) is 17.3 Å². The number of amides is 1. The molecule has 0 radical (unpaired) electrons. The number of aromatic nitrogens is 5. The van der Waals surface area contributed by atoms with E-state index in [1.54, 1.807) is 24.5 Å². The van der Waals surface area contributed by atoms with E-state index in [0.717, 1.165) is 5.52 Å². The van der Waals surface area contributed by atoms with Crippen molar-refractivity contribution in [3.63, 3.8) is 0 Å². The summed E-state index contributed by atoms with van der Waals surface area (Å²) in [6, 6.07) is 3.51. The predicted molar refractivity (Wildman–Crippen MR) is 97.5 cm³/mol. The summed E-state index contributed by atoms with van der Waals surface area (Å²) in [5.74, 6) is 0.485. The second-order valence-corrected chi connectivity index (χ2v) is 5.66. The number of rotatable bonds is 6. The molecular formula is C17H19N7O2. The highest BCUT2D eigenvalue weighted by Gasteiger charge is 2.13. The van der Waals surface area contributed by atoms with Crippen molar-refractivity contribution >= 4 is 29.0 Å². The first-order valence-electron chi connectivity index (χ1n) is 8.01. The Balaban J connectivity index is 1.58. The van der Waals surface area contributed by atoms with Gasteiger partial charge in [-0.15, -0.1) is 0 Å². The zero-order chi connectivity index (χ0) is 18.5. The third-order valence-electron chi connectivity index (χ3n) is 3.61. The molecule has 134 valence electrons. The van der Waals surface area contributed by atoms with Gasteiger partial charge in [0.25, 0.3) is 11.8 Å². The summed E-state index contributed by atoms with van der Waals surface area (Å²) < 4.78 is 5.03. The van der Waals surface area contributed by atoms with Crippen LogP contribution in [0.2, 0.25) is 0 Å². The number of hydrogen-bond acceptors (Lipinski definition) is 7. The Hall–Kier alpha value is -3.49. The van der Waals surface area contributed by atoms with Crippen LogP contribution < -0.4 is 15.8 Å². The zero-order valence-electron chi connectivity index (χ0n) is 14.4. The number of methoxy groups -OCH3 is 1. The molecule has 0 spiro atoms. The van der Waals surface area contributed by atoms with Gasteiger partial charge < -0.3 is 20.8 Å². The molecule has 0 saturated heterocycles. The van der Waals surface area contributed by atoms with Crippen LogP contribution >= 0.6 is 0 Å². The molecule has 0 aliphatic carbocycles. The number of nitrogen functional groups attached to an aromatic ring is 1. The van der Waals surface area contributed by atoms with Gasteiger partial charge in [0.05, 0.1) is 24.5 Å². The number of fused-ring (bicyclic) bond motifs is 1. The number of imidazole rings is 1. The lowest BCUT2D eigenvalue weighted by Gasteiger charge is -2.10. The molecular weight excluding hydrogens is 334 g/mol. The monoisotopic (exact) mass is 353 g/mol. The van der Waals surface area contributed by atoms with Crippen LogP contribution in [0.5, 0.6) is 5.88 Å². The van der Waals surface area contributed by atoms with Gasteiger partial charge in [-0.25, -0.2) is 19.9 Å². The Morgan fingerprint density at radius 3 is 3.04 bits per heavy atom. The van der Waals surface area contributed by atoms with Crippen LogP contribution in [0.4, 0.5) is 5.82 Å². The first-order chi connectivity index (χ1) is 12.6. The Morgan fingerprint density at radius 2 is 2.27 bits per heavy atom. The highest BCUT2D eigenvalue weighted by atomic mass is 16.5. The summed E-state index contributed by atoms with van der Waals surface area (Å²) in [5.41, 5.74) is 7.49. The minimum absolute atomic E-state index is 0.0939. The lowest BCUT2D eigenvalue weighted by atomic mass is 10.2. The molecule has 0 aromatic carbocycles. The van der Waals surface area contributed by atoms with Crippen molar-refractivity contribution in [2.75, 3.05) is 12.8 Å². The van der Waals surface area contributed by atoms with E-state index in [-0.39, 0.29) is 29.5 Å². The molecule has 3 heterocycles. The van der Waals surface area contributed by atoms with E-state index in [9.17, 15) is 4.79 Å². The molecule has 9 heteroatoms. The number of ether oxygens (including phenoxy) is 1. The molecule has 9 nitrogen and oxygen atoms in total. The van der Waals surface area contributed by atoms with Crippen molar-refractivity contribution < 1.29 is 9.53 Å². The molecule has 3 aromatic rings. The van der Waals surface area contributed by atoms with Gasteiger partial charge in [0.2, 0.25) is 0 Å². The summed E-state index contributed by atoms with van der Waals surface area (Å²) in [6.45, 7) is 1.90. The highest BCUT2D eigenvalue weighted by molar-refractivity contribution is 5.93. The van der Waals surface area contributed by atoms with Crippen LogP contribution in [0.15, 0.2) is 30.6 Å². The van der Waals surface area contributed by atoms with E-state index >= 15 is 0 Å². The smallest absolute Gasteiger partial charge is 0.287 e. The van der Waals surface area contributed by atoms with Crippen LogP contribution in [0, 0.1) is 0 Å². The molecule has 26 heavy (non-hydrogen) atoms. The van der Waals surface area contributed by atoms with Crippen LogP contribution in [-0.2, 0) is 0 Å². The number of nitrogens with one attached hydrogen (secondary N) is 2. The van der Waals surface area contributed by atoms with Gasteiger partial charge in [-0.3, -0.25) is 4.79 Å². The topological polar surface area (TPSA) is 132 Å². The normalized spacial score (nSPS) is 12.4. The summed E-state index contributed by atoms with van der Waals surface area (Å²) in [6.07, 6.45) is 7.48. The molecule has 0 bridgehead atoms. The second kappa shape index (κ2) is 7.60. The summed E-state index contributed by atoms with van der Waals surface area (Å²) in [4.78, 5) is 31.7. The van der Waals surface area contributed by atoms with Crippen molar-refractivity contribution in [3.05, 3.63) is 42.1 Å². The molecule has 0 unspecified atom stereocenters. The lowest BCUT2D eigenvalue weighted by molar-refractivity contribution is 0.0931. The lowest BCUT2D eigenvalue weighted by Crippen LogP contribution is -2.32. The minimum atomic E-state index is -0.280. The summed E-state index contributed by atoms with van der Waals surface area (Å²) in [5, 5.41) is 2.88. The van der Waals surface area contributed by atoms with Crippen molar-refractivity contribution in [1.82, 2.24) is 30.2 Å². The van der Waals surface area contributed by atoms with E-state index in [2.05, 4.69) is 30.2 Å². The maximum Gasteiger partial charge on any atom is 0.287 e. The van der Waals surface area contributed by atoms with E-state index in [4.69, 9.17) is 10.5 Å². The fourth-order valence-electron chi connectivity index (χ4n) is 2.32. The van der Waals surface area contributed by atoms with E-state index in [1.807, 2.05) is 19.1 Å². The molecule has 3 rings (SSSR count). The number of carbonyl (C=O) groups is 1. The number of aromatic amines is 1. The quantitative estimate of drug-likeness (QED) is 0.612. The number of nitrogens with zero attached hydrogens (tertiary/aromatic N) is 4. The Kier molecular flexibility index (Phi) is 5.07. The first kappa shape index (κ1) is 17.3. The number of anilines is 1. The molecule has 4 N–H and O–H groups in total. The average molecular weight is 353 g/mol. The summed E-state index contributed by atoms with van der Waals surface area (Å²) >= 11 is 0. The molecule has 3 aromatic heterocycles. The predicted octanol–water partition coefficient (Wildman–Crippen LogP) is 1.56. The number of carbonyl (C=O) groups excluding carboxylic acids is 1. The largest absolute Gasteiger partial charge is 0.478 e. The number of pyridine rings is 1. The standard InChI is InChI=1S/C17H19N7O2/c1-10(5-3-6-11-9-20-13(18)17(22-11)26-2)21-16(25)15-23-12-7-4-8-19-14(12)24-15/h3-4,6-10H,5H2,1-2H3,(H2,18,20)(H,21,25)(H,19,23,24)/b6-3+/t10-/m0/s1. The van der Waals surface area contributed by atoms with E-state index < -0.39 is 0 Å². The van der Waals surface area contributed by atoms with Crippen molar-refractivity contribution in [2.24, 2.45) is 0 Å². The third kappa shape index (κ3) is 3.94. The molecule has 0 saturated carbocycles. The Morgan fingerprint density at radius 1 is 1.42 bits per heavy atom. The maximum atomic E-state index is 12.3. The second-order valence-electron chi connectivity index (χ2n) is 5.66. The fourth-order valence-corrected chi connectivity index (χ4v) is 2.32. The van der Waals surface area contributed by atoms with Gasteiger partial charge in [0, 0.05) is 12.2 Å². The highest BCUT2D eigenvalue weighted by Crippen LogP contribution is 2.15. The van der Waals surface area contributed by atoms with Crippen LogP contribution in [-0.4, -0.2) is 44.0 Å². The van der Waals surface area contributed by atoms with Crippen molar-refractivity contribution in [3.8, 4) is 5.88 Å². The Labute approximate surface area is 149 Å². The first-order valence-corrected chi connectivity index (χ1v) is 8.01. The van der Waals surface area contributed by atoms with E-state index in [1.165, 1.54) is 7.11 Å². The molecule has 0 aliphatic heterocycles. The van der Waals surface area contributed by atoms with Crippen LogP contribution in [0.1, 0.15) is 29.7 Å². The molecule has 1 amide bonds. The van der Waals surface area contributed by atoms with Gasteiger partial charge in [-0.05, 0) is 31.6 Å². The maximum absolute atomic E-state index is 12.3. The third-order valence-corrected chi connectivity index (χ3v) is 3.61. The molecule has 1 atom stereocenters. The van der Waals surface area contributed by atoms with Gasteiger partial charge >= 0.3 is 0 Å². The van der Waals surface area contributed by atoms with Crippen LogP contribution in [0.25, 0.3) is 17.2 Å². The SMILES string of the molecule is COc1nc(/C=C/C[C@H](C)NC(=O)c2nc3ncccc3[nH]2)cnc1N. The Bertz CT molecular complexity index is 918. The number of H-pyrrole nitrogens is 1. The summed E-state index contributed by atoms with van der Waals surface area (Å²) in [7, 11) is 1.49. The van der Waals surface area contributed by atoms with Crippen LogP contribution in [0.3, 0.4) is 0 Å². The van der Waals surface area contributed by atoms with Gasteiger partial charge in [-0.1, -0.05) is 6.08 Å². The zero-order valence-corrected chi connectivity index (χ0v) is 14.4. The average Bonchev–Trinajstić information content (AvgIpc) is 3.07. The van der Waals surface area contributed by atoms with Gasteiger partial charge in [-0.2, -0.15) is 0 Å².